The minimum atomic E-state index is -2.01. The van der Waals surface area contributed by atoms with Crippen LogP contribution in [-0.4, -0.2) is 11.9 Å². The van der Waals surface area contributed by atoms with Crippen molar-refractivity contribution in [1.29, 1.82) is 0 Å². The number of benzene rings is 3. The van der Waals surface area contributed by atoms with Crippen LogP contribution in [-0.2, 0) is 4.79 Å². The number of hydrogen-bond acceptors (Lipinski definition) is 1. The highest BCUT2D eigenvalue weighted by Gasteiger charge is 2.50. The van der Waals surface area contributed by atoms with Gasteiger partial charge in [-0.05, 0) is 43.3 Å². The minimum Gasteiger partial charge on any atom is -0.299 e. The Morgan fingerprint density at radius 2 is 0.957 bits per heavy atom. The van der Waals surface area contributed by atoms with Crippen LogP contribution in [0.4, 0.5) is 0 Å². The van der Waals surface area contributed by atoms with Crippen LogP contribution in [0.1, 0.15) is 6.92 Å². The molecule has 0 N–H and O–H groups in total. The number of aldehydes is 1. The van der Waals surface area contributed by atoms with E-state index in [-0.39, 0.29) is 5.66 Å². The van der Waals surface area contributed by atoms with Crippen LogP contribution in [0.5, 0.6) is 0 Å². The number of carbonyl (C=O) groups is 1. The third-order valence-electron chi connectivity index (χ3n) is 4.30. The van der Waals surface area contributed by atoms with Crippen LogP contribution in [0.2, 0.25) is 0 Å². The standard InChI is InChI=1S/C21H20OP/c1-18(17-22)23(19-11-5-2-6-12-19,20-13-7-3-8-14-20)21-15-9-4-10-16-21/h2-18H,1H3/q+1. The maximum absolute atomic E-state index is 11.9. The fraction of sp³-hybridized carbons (Fsp3) is 0.0952. The summed E-state index contributed by atoms with van der Waals surface area (Å²) in [5, 5.41) is 3.74. The largest absolute Gasteiger partial charge is 0.299 e. The van der Waals surface area contributed by atoms with Gasteiger partial charge in [-0.1, -0.05) is 54.6 Å². The van der Waals surface area contributed by atoms with Gasteiger partial charge in [0.1, 0.15) is 28.8 Å². The van der Waals surface area contributed by atoms with E-state index >= 15 is 0 Å². The Morgan fingerprint density at radius 1 is 0.652 bits per heavy atom. The zero-order valence-corrected chi connectivity index (χ0v) is 14.1. The zero-order chi connectivity index (χ0) is 16.1. The van der Waals surface area contributed by atoms with Crippen LogP contribution >= 0.6 is 7.26 Å². The molecule has 0 fully saturated rings. The molecule has 3 aromatic carbocycles. The van der Waals surface area contributed by atoms with Crippen molar-refractivity contribution in [2.24, 2.45) is 0 Å². The van der Waals surface area contributed by atoms with Gasteiger partial charge in [-0.25, -0.2) is 0 Å². The second-order valence-electron chi connectivity index (χ2n) is 5.61. The number of carbonyl (C=O) groups excluding carboxylic acids is 1. The summed E-state index contributed by atoms with van der Waals surface area (Å²) in [7, 11) is -2.01. The Bertz CT molecular complexity index is 657. The van der Waals surface area contributed by atoms with E-state index < -0.39 is 7.26 Å². The maximum atomic E-state index is 11.9. The van der Waals surface area contributed by atoms with Gasteiger partial charge < -0.3 is 0 Å². The van der Waals surface area contributed by atoms with Crippen molar-refractivity contribution in [3.63, 3.8) is 0 Å². The quantitative estimate of drug-likeness (QED) is 0.519. The number of hydrogen-bond donors (Lipinski definition) is 0. The van der Waals surface area contributed by atoms with E-state index in [1.54, 1.807) is 0 Å². The van der Waals surface area contributed by atoms with Crippen LogP contribution in [0.25, 0.3) is 0 Å². The Kier molecular flexibility index (Phi) is 4.69. The van der Waals surface area contributed by atoms with Gasteiger partial charge in [0.25, 0.3) is 0 Å². The molecule has 0 aliphatic rings. The lowest BCUT2D eigenvalue weighted by Gasteiger charge is -2.30. The van der Waals surface area contributed by atoms with Crippen molar-refractivity contribution >= 4 is 29.5 Å². The molecule has 0 aliphatic carbocycles. The summed E-state index contributed by atoms with van der Waals surface area (Å²) in [5.41, 5.74) is -0.0744. The van der Waals surface area contributed by atoms with Gasteiger partial charge >= 0.3 is 0 Å². The molecular weight excluding hydrogens is 299 g/mol. The van der Waals surface area contributed by atoms with E-state index in [0.717, 1.165) is 6.29 Å². The van der Waals surface area contributed by atoms with Gasteiger partial charge in [-0.2, -0.15) is 0 Å². The second kappa shape index (κ2) is 6.89. The normalized spacial score (nSPS) is 12.6. The molecule has 0 heterocycles. The Morgan fingerprint density at radius 3 is 1.22 bits per heavy atom. The van der Waals surface area contributed by atoms with Crippen molar-refractivity contribution in [3.8, 4) is 0 Å². The SMILES string of the molecule is CC(C=O)[P+](c1ccccc1)(c1ccccc1)c1ccccc1. The molecule has 0 amide bonds. The van der Waals surface area contributed by atoms with Crippen molar-refractivity contribution in [2.75, 3.05) is 0 Å². The summed E-state index contributed by atoms with van der Waals surface area (Å²) < 4.78 is 0. The van der Waals surface area contributed by atoms with Gasteiger partial charge in [0.15, 0.2) is 6.29 Å². The predicted molar refractivity (Wildman–Crippen MR) is 101 cm³/mol. The highest BCUT2D eigenvalue weighted by atomic mass is 31.2. The molecule has 0 saturated carbocycles. The monoisotopic (exact) mass is 319 g/mol. The van der Waals surface area contributed by atoms with E-state index in [4.69, 9.17) is 0 Å². The molecule has 1 nitrogen and oxygen atoms in total. The van der Waals surface area contributed by atoms with Gasteiger partial charge in [0.2, 0.25) is 0 Å². The molecule has 0 radical (unpaired) electrons. The molecule has 2 heteroatoms. The lowest BCUT2D eigenvalue weighted by Crippen LogP contribution is -2.38. The first-order chi connectivity index (χ1) is 11.3. The molecule has 1 atom stereocenters. The minimum absolute atomic E-state index is 0.0744. The Hall–Kier alpha value is -2.24. The molecule has 3 aromatic rings. The lowest BCUT2D eigenvalue weighted by atomic mass is 10.3. The summed E-state index contributed by atoms with van der Waals surface area (Å²) in [4.78, 5) is 11.9. The lowest BCUT2D eigenvalue weighted by molar-refractivity contribution is -0.107. The predicted octanol–water partition coefficient (Wildman–Crippen LogP) is 3.57. The van der Waals surface area contributed by atoms with Gasteiger partial charge in [0, 0.05) is 0 Å². The third kappa shape index (κ3) is 2.73. The first kappa shape index (κ1) is 15.6. The van der Waals surface area contributed by atoms with Crippen molar-refractivity contribution in [2.45, 2.75) is 12.6 Å². The summed E-state index contributed by atoms with van der Waals surface area (Å²) in [6, 6.07) is 31.4. The van der Waals surface area contributed by atoms with Crippen LogP contribution < -0.4 is 15.9 Å². The fourth-order valence-electron chi connectivity index (χ4n) is 3.23. The topological polar surface area (TPSA) is 17.1 Å². The Labute approximate surface area is 138 Å². The molecule has 1 unspecified atom stereocenters. The molecule has 3 rings (SSSR count). The van der Waals surface area contributed by atoms with E-state index in [1.165, 1.54) is 15.9 Å². The first-order valence-electron chi connectivity index (χ1n) is 7.81. The molecule has 114 valence electrons. The van der Waals surface area contributed by atoms with Crippen molar-refractivity contribution in [3.05, 3.63) is 91.0 Å². The van der Waals surface area contributed by atoms with Crippen LogP contribution in [0.3, 0.4) is 0 Å². The van der Waals surface area contributed by atoms with E-state index in [1.807, 2.05) is 25.1 Å². The molecule has 23 heavy (non-hydrogen) atoms. The average Bonchev–Trinajstić information content (AvgIpc) is 2.65. The molecule has 0 aliphatic heterocycles. The smallest absolute Gasteiger partial charge is 0.161 e. The average molecular weight is 319 g/mol. The van der Waals surface area contributed by atoms with E-state index in [9.17, 15) is 4.79 Å². The van der Waals surface area contributed by atoms with Crippen LogP contribution in [0, 0.1) is 0 Å². The second-order valence-corrected chi connectivity index (χ2v) is 9.42. The summed E-state index contributed by atoms with van der Waals surface area (Å²) >= 11 is 0. The third-order valence-corrected chi connectivity index (χ3v) is 8.98. The number of rotatable bonds is 5. The summed E-state index contributed by atoms with van der Waals surface area (Å²) in [6.45, 7) is 2.05. The van der Waals surface area contributed by atoms with Gasteiger partial charge in [-0.3, -0.25) is 4.79 Å². The molecule has 0 spiro atoms. The molecule has 0 bridgehead atoms. The highest BCUT2D eigenvalue weighted by Crippen LogP contribution is 2.58. The molecular formula is C21H20OP+. The van der Waals surface area contributed by atoms with Gasteiger partial charge in [-0.15, -0.1) is 0 Å². The maximum Gasteiger partial charge on any atom is 0.161 e. The first-order valence-corrected chi connectivity index (χ1v) is 9.67. The van der Waals surface area contributed by atoms with Gasteiger partial charge in [0.05, 0.1) is 0 Å². The molecule has 0 saturated heterocycles. The highest BCUT2D eigenvalue weighted by molar-refractivity contribution is 7.96. The summed E-state index contributed by atoms with van der Waals surface area (Å²) in [5.74, 6) is 0. The zero-order valence-electron chi connectivity index (χ0n) is 13.2. The van der Waals surface area contributed by atoms with E-state index in [2.05, 4.69) is 72.8 Å². The van der Waals surface area contributed by atoms with Crippen molar-refractivity contribution in [1.82, 2.24) is 0 Å². The van der Waals surface area contributed by atoms with E-state index in [0.29, 0.717) is 0 Å². The fourth-order valence-corrected chi connectivity index (χ4v) is 7.65. The molecule has 0 aromatic heterocycles. The summed E-state index contributed by atoms with van der Waals surface area (Å²) in [6.07, 6.45) is 1.11. The van der Waals surface area contributed by atoms with Crippen molar-refractivity contribution < 1.29 is 4.79 Å². The van der Waals surface area contributed by atoms with Crippen LogP contribution in [0.15, 0.2) is 91.0 Å². The Balaban J connectivity index is 2.38.